The Hall–Kier alpha value is -3.69. The molecule has 1 amide bonds. The molecule has 1 aromatic carbocycles. The lowest BCUT2D eigenvalue weighted by atomic mass is 10.0. The van der Waals surface area contributed by atoms with Gasteiger partial charge in [-0.15, -0.1) is 0 Å². The number of hydrogen-bond donors (Lipinski definition) is 5. The van der Waals surface area contributed by atoms with Gasteiger partial charge in [0.15, 0.2) is 0 Å². The molecule has 30 heavy (non-hydrogen) atoms. The number of amides is 1. The van der Waals surface area contributed by atoms with Gasteiger partial charge in [0.2, 0.25) is 5.95 Å². The molecule has 0 saturated heterocycles. The van der Waals surface area contributed by atoms with E-state index >= 15 is 0 Å². The van der Waals surface area contributed by atoms with Crippen molar-refractivity contribution in [3.05, 3.63) is 47.2 Å². The van der Waals surface area contributed by atoms with Gasteiger partial charge in [0.25, 0.3) is 5.91 Å². The fourth-order valence-corrected chi connectivity index (χ4v) is 2.86. The number of unbranched alkanes of at least 4 members (excludes halogenated alkanes) is 1. The number of hydrogen-bond acceptors (Lipinski definition) is 7. The summed E-state index contributed by atoms with van der Waals surface area (Å²) in [5.41, 5.74) is 13.5. The summed E-state index contributed by atoms with van der Waals surface area (Å²) in [6.45, 7) is 0. The zero-order valence-corrected chi connectivity index (χ0v) is 16.4. The van der Waals surface area contributed by atoms with E-state index in [1.54, 1.807) is 18.3 Å². The van der Waals surface area contributed by atoms with Crippen LogP contribution in [0.4, 0.5) is 11.8 Å². The Bertz CT molecular complexity index is 901. The number of carbonyl (C=O) groups is 3. The fourth-order valence-electron chi connectivity index (χ4n) is 2.86. The number of aromatic nitrogens is 2. The molecule has 0 fully saturated rings. The molecule has 0 spiro atoms. The Labute approximate surface area is 173 Å². The number of nitrogens with one attached hydrogen (secondary N) is 1. The van der Waals surface area contributed by atoms with E-state index < -0.39 is 23.9 Å². The highest BCUT2D eigenvalue weighted by Gasteiger charge is 2.21. The predicted octanol–water partition coefficient (Wildman–Crippen LogP) is 1.25. The summed E-state index contributed by atoms with van der Waals surface area (Å²) in [6, 6.07) is 5.60. The summed E-state index contributed by atoms with van der Waals surface area (Å²) in [6.07, 6.45) is 4.41. The van der Waals surface area contributed by atoms with Gasteiger partial charge in [0, 0.05) is 23.7 Å². The molecule has 7 N–H and O–H groups in total. The largest absolute Gasteiger partial charge is 0.481 e. The van der Waals surface area contributed by atoms with Gasteiger partial charge in [-0.25, -0.2) is 9.78 Å². The van der Waals surface area contributed by atoms with Crippen LogP contribution in [0, 0.1) is 0 Å². The van der Waals surface area contributed by atoms with Gasteiger partial charge in [-0.05, 0) is 49.8 Å². The first kappa shape index (κ1) is 22.6. The van der Waals surface area contributed by atoms with Crippen LogP contribution in [0.2, 0.25) is 0 Å². The Morgan fingerprint density at radius 3 is 2.30 bits per heavy atom. The minimum absolute atomic E-state index is 0.150. The Balaban J connectivity index is 1.82. The molecule has 0 unspecified atom stereocenters. The average Bonchev–Trinajstić information content (AvgIpc) is 2.69. The van der Waals surface area contributed by atoms with Crippen molar-refractivity contribution in [3.63, 3.8) is 0 Å². The number of nitrogens with two attached hydrogens (primary N) is 2. The van der Waals surface area contributed by atoms with Crippen LogP contribution in [0.15, 0.2) is 30.5 Å². The lowest BCUT2D eigenvalue weighted by molar-refractivity contribution is -0.140. The van der Waals surface area contributed by atoms with E-state index in [2.05, 4.69) is 15.3 Å². The fraction of sp³-hybridized carbons (Fsp3) is 0.350. The van der Waals surface area contributed by atoms with E-state index in [0.717, 1.165) is 36.8 Å². The highest BCUT2D eigenvalue weighted by Crippen LogP contribution is 2.14. The van der Waals surface area contributed by atoms with Crippen molar-refractivity contribution in [1.82, 2.24) is 15.3 Å². The van der Waals surface area contributed by atoms with Gasteiger partial charge in [0.05, 0.1) is 0 Å². The molecule has 0 aliphatic heterocycles. The summed E-state index contributed by atoms with van der Waals surface area (Å²) in [7, 11) is 0. The first-order chi connectivity index (χ1) is 14.3. The SMILES string of the molecule is Nc1ncc(CCCCc2ccc(C(=O)N[C@@H](CCC(=O)O)C(=O)O)cc2)c(N)n1. The van der Waals surface area contributed by atoms with Gasteiger partial charge in [-0.2, -0.15) is 4.98 Å². The topological polar surface area (TPSA) is 182 Å². The van der Waals surface area contributed by atoms with Crippen molar-refractivity contribution in [2.24, 2.45) is 0 Å². The molecule has 0 aliphatic carbocycles. The molecule has 0 saturated carbocycles. The number of aliphatic carboxylic acids is 2. The molecule has 2 rings (SSSR count). The lowest BCUT2D eigenvalue weighted by Gasteiger charge is -2.13. The number of nitrogens with zero attached hydrogens (tertiary/aromatic N) is 2. The number of carboxylic acids is 2. The van der Waals surface area contributed by atoms with E-state index in [4.69, 9.17) is 21.7 Å². The second-order valence-electron chi connectivity index (χ2n) is 6.84. The average molecular weight is 415 g/mol. The summed E-state index contributed by atoms with van der Waals surface area (Å²) >= 11 is 0. The maximum atomic E-state index is 12.2. The lowest BCUT2D eigenvalue weighted by Crippen LogP contribution is -2.41. The third-order valence-electron chi connectivity index (χ3n) is 4.54. The molecule has 1 heterocycles. The Morgan fingerprint density at radius 1 is 1.03 bits per heavy atom. The maximum Gasteiger partial charge on any atom is 0.326 e. The van der Waals surface area contributed by atoms with Gasteiger partial charge >= 0.3 is 11.9 Å². The second-order valence-corrected chi connectivity index (χ2v) is 6.84. The van der Waals surface area contributed by atoms with Crippen LogP contribution >= 0.6 is 0 Å². The third-order valence-corrected chi connectivity index (χ3v) is 4.54. The van der Waals surface area contributed by atoms with Crippen molar-refractivity contribution in [2.45, 2.75) is 44.6 Å². The molecule has 0 aliphatic rings. The number of aryl methyl sites for hydroxylation is 2. The molecule has 0 bridgehead atoms. The third kappa shape index (κ3) is 7.04. The van der Waals surface area contributed by atoms with E-state index in [0.29, 0.717) is 11.4 Å². The molecule has 160 valence electrons. The summed E-state index contributed by atoms with van der Waals surface area (Å²) in [5, 5.41) is 20.2. The Morgan fingerprint density at radius 2 is 1.70 bits per heavy atom. The molecular formula is C20H25N5O5. The summed E-state index contributed by atoms with van der Waals surface area (Å²) < 4.78 is 0. The first-order valence-electron chi connectivity index (χ1n) is 9.47. The quantitative estimate of drug-likeness (QED) is 0.337. The number of rotatable bonds is 11. The van der Waals surface area contributed by atoms with Crippen LogP contribution in [0.3, 0.4) is 0 Å². The number of carboxylic acid groups (broad SMARTS) is 2. The molecule has 1 atom stereocenters. The van der Waals surface area contributed by atoms with Crippen molar-refractivity contribution >= 4 is 29.6 Å². The second kappa shape index (κ2) is 10.7. The number of nitrogen functional groups attached to an aromatic ring is 2. The minimum Gasteiger partial charge on any atom is -0.481 e. The number of benzene rings is 1. The van der Waals surface area contributed by atoms with Crippen molar-refractivity contribution in [1.29, 1.82) is 0 Å². The van der Waals surface area contributed by atoms with Gasteiger partial charge in [0.1, 0.15) is 11.9 Å². The van der Waals surface area contributed by atoms with E-state index in [1.165, 1.54) is 0 Å². The van der Waals surface area contributed by atoms with Crippen LogP contribution in [0.5, 0.6) is 0 Å². The van der Waals surface area contributed by atoms with Crippen LogP contribution in [-0.4, -0.2) is 44.1 Å². The van der Waals surface area contributed by atoms with E-state index in [1.807, 2.05) is 12.1 Å². The predicted molar refractivity (Wildman–Crippen MR) is 110 cm³/mol. The molecule has 0 radical (unpaired) electrons. The van der Waals surface area contributed by atoms with Gasteiger partial charge in [-0.1, -0.05) is 12.1 Å². The maximum absolute atomic E-state index is 12.2. The standard InChI is InChI=1S/C20H25N5O5/c21-17-14(11-23-20(22)25-17)4-2-1-3-12-5-7-13(8-6-12)18(28)24-15(19(29)30)9-10-16(26)27/h5-8,11,15H,1-4,9-10H2,(H,24,28)(H,26,27)(H,29,30)(H4,21,22,23,25)/t15-/m0/s1. The van der Waals surface area contributed by atoms with Crippen LogP contribution in [0.1, 0.15) is 47.2 Å². The van der Waals surface area contributed by atoms with Crippen LogP contribution < -0.4 is 16.8 Å². The van der Waals surface area contributed by atoms with Gasteiger partial charge < -0.3 is 27.0 Å². The molecular weight excluding hydrogens is 390 g/mol. The zero-order chi connectivity index (χ0) is 22.1. The van der Waals surface area contributed by atoms with Gasteiger partial charge in [-0.3, -0.25) is 9.59 Å². The monoisotopic (exact) mass is 415 g/mol. The summed E-state index contributed by atoms with van der Waals surface area (Å²) in [5.74, 6) is -2.41. The van der Waals surface area contributed by atoms with Crippen molar-refractivity contribution in [2.75, 3.05) is 11.5 Å². The summed E-state index contributed by atoms with van der Waals surface area (Å²) in [4.78, 5) is 41.9. The van der Waals surface area contributed by atoms with Crippen molar-refractivity contribution in [3.8, 4) is 0 Å². The van der Waals surface area contributed by atoms with Crippen LogP contribution in [0.25, 0.3) is 0 Å². The molecule has 2 aromatic rings. The molecule has 10 heteroatoms. The normalized spacial score (nSPS) is 11.6. The van der Waals surface area contributed by atoms with E-state index in [9.17, 15) is 14.4 Å². The highest BCUT2D eigenvalue weighted by molar-refractivity contribution is 5.96. The molecule has 1 aromatic heterocycles. The number of carbonyl (C=O) groups excluding carboxylic acids is 1. The Kier molecular flexibility index (Phi) is 8.09. The van der Waals surface area contributed by atoms with Crippen LogP contribution in [-0.2, 0) is 22.4 Å². The van der Waals surface area contributed by atoms with Crippen molar-refractivity contribution < 1.29 is 24.6 Å². The number of anilines is 2. The smallest absolute Gasteiger partial charge is 0.326 e. The highest BCUT2D eigenvalue weighted by atomic mass is 16.4. The van der Waals surface area contributed by atoms with E-state index in [-0.39, 0.29) is 18.8 Å². The first-order valence-corrected chi connectivity index (χ1v) is 9.47. The zero-order valence-electron chi connectivity index (χ0n) is 16.4. The minimum atomic E-state index is -1.27. The molecule has 10 nitrogen and oxygen atoms in total.